The van der Waals surface area contributed by atoms with Crippen molar-refractivity contribution in [2.75, 3.05) is 18.5 Å². The van der Waals surface area contributed by atoms with E-state index >= 15 is 0 Å². The fraction of sp³-hybridized carbons (Fsp3) is 0.160. The molecule has 5 heteroatoms. The average molecular weight is 398 g/mol. The van der Waals surface area contributed by atoms with Crippen LogP contribution in [0.1, 0.15) is 22.3 Å². The quantitative estimate of drug-likeness (QED) is 0.520. The third kappa shape index (κ3) is 3.62. The highest BCUT2D eigenvalue weighted by molar-refractivity contribution is 6.13. The van der Waals surface area contributed by atoms with Crippen LogP contribution in [0.3, 0.4) is 0 Å². The number of fused-ring (bicyclic) bond motifs is 2. The van der Waals surface area contributed by atoms with Crippen molar-refractivity contribution < 1.29 is 14.3 Å². The molecule has 3 aromatic carbocycles. The van der Waals surface area contributed by atoms with Crippen LogP contribution in [0.25, 0.3) is 10.9 Å². The topological polar surface area (TPSA) is 52.5 Å². The van der Waals surface area contributed by atoms with E-state index in [1.807, 2.05) is 66.9 Å². The van der Waals surface area contributed by atoms with Crippen LogP contribution in [0.2, 0.25) is 0 Å². The first kappa shape index (κ1) is 18.3. The van der Waals surface area contributed by atoms with Crippen molar-refractivity contribution in [3.8, 4) is 11.5 Å². The number of ether oxygens (including phenoxy) is 2. The summed E-state index contributed by atoms with van der Waals surface area (Å²) in [6.07, 6.45) is 2.77. The van der Waals surface area contributed by atoms with E-state index < -0.39 is 0 Å². The second-order valence-electron chi connectivity index (χ2n) is 7.34. The molecule has 1 N–H and O–H groups in total. The van der Waals surface area contributed by atoms with E-state index in [-0.39, 0.29) is 5.91 Å². The largest absolute Gasteiger partial charge is 0.490 e. The molecule has 0 spiro atoms. The van der Waals surface area contributed by atoms with Gasteiger partial charge in [-0.25, -0.2) is 0 Å². The molecule has 5 nitrogen and oxygen atoms in total. The summed E-state index contributed by atoms with van der Waals surface area (Å²) in [5, 5.41) is 3.94. The van der Waals surface area contributed by atoms with Gasteiger partial charge in [0, 0.05) is 41.8 Å². The van der Waals surface area contributed by atoms with Gasteiger partial charge in [0.25, 0.3) is 5.91 Å². The molecule has 4 aromatic rings. The molecule has 0 saturated heterocycles. The van der Waals surface area contributed by atoms with E-state index in [4.69, 9.17) is 9.47 Å². The van der Waals surface area contributed by atoms with E-state index in [2.05, 4.69) is 22.0 Å². The summed E-state index contributed by atoms with van der Waals surface area (Å²) < 4.78 is 13.5. The predicted molar refractivity (Wildman–Crippen MR) is 117 cm³/mol. The zero-order valence-electron chi connectivity index (χ0n) is 16.5. The summed E-state index contributed by atoms with van der Waals surface area (Å²) in [5.74, 6) is 1.23. The molecule has 2 heterocycles. The molecule has 1 amide bonds. The Kier molecular flexibility index (Phi) is 4.85. The van der Waals surface area contributed by atoms with E-state index in [0.717, 1.165) is 17.3 Å². The maximum Gasteiger partial charge on any atom is 0.257 e. The van der Waals surface area contributed by atoms with Gasteiger partial charge in [0.15, 0.2) is 11.5 Å². The highest BCUT2D eigenvalue weighted by Gasteiger charge is 2.17. The number of nitrogens with zero attached hydrogens (tertiary/aromatic N) is 1. The first-order valence-corrected chi connectivity index (χ1v) is 10.1. The molecule has 0 atom stereocenters. The Morgan fingerprint density at radius 3 is 2.53 bits per heavy atom. The Morgan fingerprint density at radius 2 is 1.67 bits per heavy atom. The van der Waals surface area contributed by atoms with Gasteiger partial charge in [0.2, 0.25) is 0 Å². The van der Waals surface area contributed by atoms with Gasteiger partial charge in [-0.1, -0.05) is 48.5 Å². The van der Waals surface area contributed by atoms with E-state index in [1.165, 1.54) is 5.56 Å². The molecule has 0 bridgehead atoms. The SMILES string of the molecule is O=C(Nc1ccc2c(c1)OCCCO2)c1cn(Cc2ccccc2)c2ccccc12. The molecular weight excluding hydrogens is 376 g/mol. The van der Waals surface area contributed by atoms with Gasteiger partial charge < -0.3 is 19.4 Å². The standard InChI is InChI=1S/C25H22N2O3/c28-25(26-19-11-12-23-24(15-19)30-14-6-13-29-23)21-17-27(16-18-7-2-1-3-8-18)22-10-5-4-9-20(21)22/h1-5,7-12,15,17H,6,13-14,16H2,(H,26,28). The summed E-state index contributed by atoms with van der Waals surface area (Å²) in [6, 6.07) is 23.7. The minimum Gasteiger partial charge on any atom is -0.490 e. The number of amides is 1. The van der Waals surface area contributed by atoms with Gasteiger partial charge in [0.05, 0.1) is 18.8 Å². The lowest BCUT2D eigenvalue weighted by Gasteiger charge is -2.10. The molecule has 1 aliphatic rings. The summed E-state index contributed by atoms with van der Waals surface area (Å²) >= 11 is 0. The van der Waals surface area contributed by atoms with Crippen LogP contribution in [0.15, 0.2) is 79.0 Å². The summed E-state index contributed by atoms with van der Waals surface area (Å²) in [7, 11) is 0. The van der Waals surface area contributed by atoms with Crippen LogP contribution in [-0.2, 0) is 6.54 Å². The molecule has 1 aromatic heterocycles. The maximum absolute atomic E-state index is 13.1. The number of carbonyl (C=O) groups excluding carboxylic acids is 1. The van der Waals surface area contributed by atoms with Crippen molar-refractivity contribution in [3.05, 3.63) is 90.1 Å². The molecule has 5 rings (SSSR count). The third-order valence-electron chi connectivity index (χ3n) is 5.23. The lowest BCUT2D eigenvalue weighted by atomic mass is 10.1. The van der Waals surface area contributed by atoms with Gasteiger partial charge in [-0.05, 0) is 23.8 Å². The Hall–Kier alpha value is -3.73. The zero-order chi connectivity index (χ0) is 20.3. The number of anilines is 1. The number of para-hydroxylation sites is 1. The molecule has 30 heavy (non-hydrogen) atoms. The molecule has 0 aliphatic carbocycles. The van der Waals surface area contributed by atoms with Gasteiger partial charge in [0.1, 0.15) is 0 Å². The second-order valence-corrected chi connectivity index (χ2v) is 7.34. The number of hydrogen-bond donors (Lipinski definition) is 1. The van der Waals surface area contributed by atoms with Gasteiger partial charge in [-0.15, -0.1) is 0 Å². The first-order valence-electron chi connectivity index (χ1n) is 10.1. The monoisotopic (exact) mass is 398 g/mol. The molecule has 0 unspecified atom stereocenters. The van der Waals surface area contributed by atoms with Crippen molar-refractivity contribution in [2.45, 2.75) is 13.0 Å². The fourth-order valence-corrected chi connectivity index (χ4v) is 3.78. The van der Waals surface area contributed by atoms with Crippen molar-refractivity contribution in [3.63, 3.8) is 0 Å². The highest BCUT2D eigenvalue weighted by Crippen LogP contribution is 2.33. The number of hydrogen-bond acceptors (Lipinski definition) is 3. The van der Waals surface area contributed by atoms with Crippen molar-refractivity contribution in [2.24, 2.45) is 0 Å². The van der Waals surface area contributed by atoms with Gasteiger partial charge in [-0.3, -0.25) is 4.79 Å². The molecule has 150 valence electrons. The van der Waals surface area contributed by atoms with Crippen LogP contribution in [0, 0.1) is 0 Å². The van der Waals surface area contributed by atoms with Crippen LogP contribution in [0.4, 0.5) is 5.69 Å². The molecular formula is C25H22N2O3. The van der Waals surface area contributed by atoms with Crippen molar-refractivity contribution in [1.29, 1.82) is 0 Å². The van der Waals surface area contributed by atoms with Crippen LogP contribution in [-0.4, -0.2) is 23.7 Å². The predicted octanol–water partition coefficient (Wildman–Crippen LogP) is 5.10. The summed E-state index contributed by atoms with van der Waals surface area (Å²) in [4.78, 5) is 13.1. The fourth-order valence-electron chi connectivity index (χ4n) is 3.78. The molecule has 0 radical (unpaired) electrons. The Labute approximate surface area is 174 Å². The Balaban J connectivity index is 1.44. The van der Waals surface area contributed by atoms with Crippen molar-refractivity contribution in [1.82, 2.24) is 4.57 Å². The Morgan fingerprint density at radius 1 is 0.900 bits per heavy atom. The molecule has 1 aliphatic heterocycles. The van der Waals surface area contributed by atoms with E-state index in [9.17, 15) is 4.79 Å². The molecule has 0 saturated carbocycles. The second kappa shape index (κ2) is 7.95. The van der Waals surface area contributed by atoms with Crippen LogP contribution < -0.4 is 14.8 Å². The zero-order valence-corrected chi connectivity index (χ0v) is 16.5. The normalized spacial score (nSPS) is 13.1. The third-order valence-corrected chi connectivity index (χ3v) is 5.23. The Bertz CT molecular complexity index is 1200. The van der Waals surface area contributed by atoms with E-state index in [0.29, 0.717) is 42.5 Å². The van der Waals surface area contributed by atoms with E-state index in [1.54, 1.807) is 0 Å². The van der Waals surface area contributed by atoms with Crippen LogP contribution >= 0.6 is 0 Å². The number of benzene rings is 3. The highest BCUT2D eigenvalue weighted by atomic mass is 16.5. The maximum atomic E-state index is 13.1. The van der Waals surface area contributed by atoms with Gasteiger partial charge >= 0.3 is 0 Å². The number of aromatic nitrogens is 1. The lowest BCUT2D eigenvalue weighted by Crippen LogP contribution is -2.11. The summed E-state index contributed by atoms with van der Waals surface area (Å²) in [6.45, 7) is 1.95. The molecule has 0 fully saturated rings. The number of nitrogens with one attached hydrogen (secondary N) is 1. The van der Waals surface area contributed by atoms with Crippen LogP contribution in [0.5, 0.6) is 11.5 Å². The number of carbonyl (C=O) groups is 1. The minimum absolute atomic E-state index is 0.146. The van der Waals surface area contributed by atoms with Gasteiger partial charge in [-0.2, -0.15) is 0 Å². The number of rotatable bonds is 4. The summed E-state index contributed by atoms with van der Waals surface area (Å²) in [5.41, 5.74) is 3.55. The first-order chi connectivity index (χ1) is 14.8. The smallest absolute Gasteiger partial charge is 0.257 e. The minimum atomic E-state index is -0.146. The average Bonchev–Trinajstić information content (AvgIpc) is 2.97. The lowest BCUT2D eigenvalue weighted by molar-refractivity contribution is 0.102. The van der Waals surface area contributed by atoms with Crippen molar-refractivity contribution >= 4 is 22.5 Å².